The molecule has 0 radical (unpaired) electrons. The number of benzene rings is 3. The van der Waals surface area contributed by atoms with Crippen molar-refractivity contribution in [3.63, 3.8) is 0 Å². The molecular weight excluding hydrogens is 516 g/mol. The Morgan fingerprint density at radius 3 is 2.33 bits per heavy atom. The van der Waals surface area contributed by atoms with E-state index in [0.29, 0.717) is 18.7 Å². The van der Waals surface area contributed by atoms with Crippen LogP contribution in [-0.2, 0) is 22.6 Å². The van der Waals surface area contributed by atoms with E-state index in [1.165, 1.54) is 0 Å². The number of halogens is 1. The molecule has 0 saturated heterocycles. The number of hydrogen-bond acceptors (Lipinski definition) is 3. The van der Waals surface area contributed by atoms with Crippen LogP contribution in [0.2, 0.25) is 0 Å². The number of carbonyl (C=O) groups is 2. The Kier molecular flexibility index (Phi) is 10.1. The molecule has 1 N–H and O–H groups in total. The number of ether oxygens (including phenoxy) is 1. The van der Waals surface area contributed by atoms with Gasteiger partial charge in [0.1, 0.15) is 11.8 Å². The largest absolute Gasteiger partial charge is 0.484 e. The van der Waals surface area contributed by atoms with Crippen LogP contribution in [-0.4, -0.2) is 35.4 Å². The fraction of sp³-hybridized carbons (Fsp3) is 0.333. The first-order chi connectivity index (χ1) is 17.3. The average molecular weight is 552 g/mol. The van der Waals surface area contributed by atoms with Crippen molar-refractivity contribution >= 4 is 27.7 Å². The third-order valence-corrected chi connectivity index (χ3v) is 6.85. The van der Waals surface area contributed by atoms with Gasteiger partial charge in [0.15, 0.2) is 6.61 Å². The predicted molar refractivity (Wildman–Crippen MR) is 148 cm³/mol. The van der Waals surface area contributed by atoms with Crippen LogP contribution in [0.5, 0.6) is 5.75 Å². The van der Waals surface area contributed by atoms with Crippen molar-refractivity contribution in [3.05, 3.63) is 99.5 Å². The van der Waals surface area contributed by atoms with Gasteiger partial charge < -0.3 is 15.0 Å². The van der Waals surface area contributed by atoms with Crippen LogP contribution in [0.1, 0.15) is 42.5 Å². The first-order valence-corrected chi connectivity index (χ1v) is 13.1. The fourth-order valence-electron chi connectivity index (χ4n) is 3.86. The summed E-state index contributed by atoms with van der Waals surface area (Å²) in [6, 6.07) is 22.7. The Bertz CT molecular complexity index is 1170. The summed E-state index contributed by atoms with van der Waals surface area (Å²) in [5.41, 5.74) is 4.18. The number of nitrogens with zero attached hydrogens (tertiary/aromatic N) is 1. The van der Waals surface area contributed by atoms with Gasteiger partial charge in [-0.05, 0) is 73.7 Å². The number of hydrogen-bond donors (Lipinski definition) is 1. The van der Waals surface area contributed by atoms with E-state index in [0.717, 1.165) is 33.1 Å². The van der Waals surface area contributed by atoms with Crippen molar-refractivity contribution in [2.75, 3.05) is 6.61 Å². The molecule has 0 spiro atoms. The molecule has 0 aromatic heterocycles. The van der Waals surface area contributed by atoms with Gasteiger partial charge >= 0.3 is 0 Å². The maximum Gasteiger partial charge on any atom is 0.261 e. The third-order valence-electron chi connectivity index (χ3n) is 6.35. The number of nitrogens with one attached hydrogen (secondary N) is 1. The highest BCUT2D eigenvalue weighted by Crippen LogP contribution is 2.20. The summed E-state index contributed by atoms with van der Waals surface area (Å²) in [4.78, 5) is 28.8. The molecule has 6 heteroatoms. The predicted octanol–water partition coefficient (Wildman–Crippen LogP) is 6.00. The second-order valence-corrected chi connectivity index (χ2v) is 10.1. The van der Waals surface area contributed by atoms with Crippen molar-refractivity contribution in [1.29, 1.82) is 0 Å². The van der Waals surface area contributed by atoms with Crippen LogP contribution in [0, 0.1) is 13.8 Å². The van der Waals surface area contributed by atoms with Gasteiger partial charge in [0.05, 0.1) is 0 Å². The molecule has 0 aliphatic heterocycles. The van der Waals surface area contributed by atoms with Crippen molar-refractivity contribution in [1.82, 2.24) is 10.2 Å². The van der Waals surface area contributed by atoms with Crippen LogP contribution in [0.25, 0.3) is 0 Å². The van der Waals surface area contributed by atoms with E-state index in [2.05, 4.69) is 21.2 Å². The number of aryl methyl sites for hydroxylation is 2. The molecule has 2 atom stereocenters. The minimum Gasteiger partial charge on any atom is -0.484 e. The first-order valence-electron chi connectivity index (χ1n) is 12.3. The van der Waals surface area contributed by atoms with Gasteiger partial charge in [-0.1, -0.05) is 71.4 Å². The highest BCUT2D eigenvalue weighted by atomic mass is 79.9. The van der Waals surface area contributed by atoms with Crippen LogP contribution in [0.4, 0.5) is 0 Å². The minimum absolute atomic E-state index is 0.00498. The molecule has 5 nitrogen and oxygen atoms in total. The lowest BCUT2D eigenvalue weighted by Crippen LogP contribution is -2.53. The summed E-state index contributed by atoms with van der Waals surface area (Å²) in [6.45, 7) is 8.19. The minimum atomic E-state index is -0.684. The van der Waals surface area contributed by atoms with Gasteiger partial charge in [-0.25, -0.2) is 0 Å². The van der Waals surface area contributed by atoms with Gasteiger partial charge in [-0.3, -0.25) is 9.59 Å². The van der Waals surface area contributed by atoms with E-state index in [1.807, 2.05) is 100 Å². The molecule has 0 unspecified atom stereocenters. The summed E-state index contributed by atoms with van der Waals surface area (Å²) in [7, 11) is 0. The van der Waals surface area contributed by atoms with Gasteiger partial charge in [-0.15, -0.1) is 0 Å². The maximum absolute atomic E-state index is 13.7. The highest BCUT2D eigenvalue weighted by molar-refractivity contribution is 9.10. The number of rotatable bonds is 11. The van der Waals surface area contributed by atoms with E-state index < -0.39 is 6.04 Å². The van der Waals surface area contributed by atoms with Crippen molar-refractivity contribution in [2.45, 2.75) is 59.2 Å². The summed E-state index contributed by atoms with van der Waals surface area (Å²) in [5, 5.41) is 3.09. The Hall–Kier alpha value is -3.12. The average Bonchev–Trinajstić information content (AvgIpc) is 2.87. The number of carbonyl (C=O) groups excluding carboxylic acids is 2. The van der Waals surface area contributed by atoms with Crippen LogP contribution >= 0.6 is 15.9 Å². The maximum atomic E-state index is 13.7. The zero-order valence-corrected chi connectivity index (χ0v) is 23.0. The van der Waals surface area contributed by atoms with Crippen LogP contribution in [0.15, 0.2) is 77.3 Å². The standard InChI is InChI=1S/C30H35BrN2O3/c1-5-23(4)32-30(35)28(18-24-10-7-6-8-11-24)33(19-25-12-9-13-26(31)17-25)29(34)20-36-27-15-14-21(2)22(3)16-27/h6-17,23,28H,5,18-20H2,1-4H3,(H,32,35)/t23-,28+/m1/s1. The van der Waals surface area contributed by atoms with E-state index in [1.54, 1.807) is 4.90 Å². The second-order valence-electron chi connectivity index (χ2n) is 9.21. The van der Waals surface area contributed by atoms with E-state index in [-0.39, 0.29) is 24.5 Å². The van der Waals surface area contributed by atoms with E-state index in [4.69, 9.17) is 4.74 Å². The van der Waals surface area contributed by atoms with Gasteiger partial charge in [0.2, 0.25) is 5.91 Å². The van der Waals surface area contributed by atoms with E-state index >= 15 is 0 Å². The Labute approximate surface area is 223 Å². The van der Waals surface area contributed by atoms with Gasteiger partial charge in [0.25, 0.3) is 5.91 Å². The molecule has 3 rings (SSSR count). The molecule has 36 heavy (non-hydrogen) atoms. The molecule has 0 bridgehead atoms. The van der Waals surface area contributed by atoms with Crippen LogP contribution in [0.3, 0.4) is 0 Å². The molecule has 2 amide bonds. The lowest BCUT2D eigenvalue weighted by atomic mass is 10.0. The van der Waals surface area contributed by atoms with Gasteiger partial charge in [0, 0.05) is 23.5 Å². The van der Waals surface area contributed by atoms with Crippen molar-refractivity contribution < 1.29 is 14.3 Å². The third kappa shape index (κ3) is 7.95. The summed E-state index contributed by atoms with van der Waals surface area (Å²) in [6.07, 6.45) is 1.21. The topological polar surface area (TPSA) is 58.6 Å². The lowest BCUT2D eigenvalue weighted by molar-refractivity contribution is -0.143. The van der Waals surface area contributed by atoms with Crippen molar-refractivity contribution in [3.8, 4) is 5.75 Å². The van der Waals surface area contributed by atoms with Crippen molar-refractivity contribution in [2.24, 2.45) is 0 Å². The first kappa shape index (κ1) is 27.5. The Morgan fingerprint density at radius 1 is 0.944 bits per heavy atom. The molecule has 0 heterocycles. The zero-order valence-electron chi connectivity index (χ0n) is 21.5. The smallest absolute Gasteiger partial charge is 0.261 e. The summed E-state index contributed by atoms with van der Waals surface area (Å²) < 4.78 is 6.82. The zero-order chi connectivity index (χ0) is 26.1. The fourth-order valence-corrected chi connectivity index (χ4v) is 4.31. The summed E-state index contributed by atoms with van der Waals surface area (Å²) >= 11 is 3.52. The monoisotopic (exact) mass is 550 g/mol. The molecule has 3 aromatic rings. The molecule has 3 aromatic carbocycles. The van der Waals surface area contributed by atoms with Crippen LogP contribution < -0.4 is 10.1 Å². The Morgan fingerprint density at radius 2 is 1.67 bits per heavy atom. The normalized spacial score (nSPS) is 12.5. The number of amides is 2. The second kappa shape index (κ2) is 13.3. The molecule has 0 saturated carbocycles. The molecule has 0 aliphatic rings. The van der Waals surface area contributed by atoms with Gasteiger partial charge in [-0.2, -0.15) is 0 Å². The molecule has 190 valence electrons. The molecule has 0 aliphatic carbocycles. The SMILES string of the molecule is CC[C@@H](C)NC(=O)[C@H](Cc1ccccc1)N(Cc1cccc(Br)c1)C(=O)COc1ccc(C)c(C)c1. The summed E-state index contributed by atoms with van der Waals surface area (Å²) in [5.74, 6) is 0.230. The Balaban J connectivity index is 1.91. The molecular formula is C30H35BrN2O3. The highest BCUT2D eigenvalue weighted by Gasteiger charge is 2.31. The lowest BCUT2D eigenvalue weighted by Gasteiger charge is -2.32. The molecule has 0 fully saturated rings. The van der Waals surface area contributed by atoms with E-state index in [9.17, 15) is 9.59 Å². The quantitative estimate of drug-likeness (QED) is 0.318.